The first kappa shape index (κ1) is 12.4. The summed E-state index contributed by atoms with van der Waals surface area (Å²) in [5.74, 6) is 4.89. The third-order valence-corrected chi connectivity index (χ3v) is 5.01. The summed E-state index contributed by atoms with van der Waals surface area (Å²) in [6.45, 7) is 5.33. The van der Waals surface area contributed by atoms with E-state index in [9.17, 15) is 0 Å². The molecular formula is C12H20N4OS. The minimum absolute atomic E-state index is 0.311. The van der Waals surface area contributed by atoms with Gasteiger partial charge in [-0.3, -0.25) is 4.90 Å². The Kier molecular flexibility index (Phi) is 3.59. The second-order valence-corrected chi connectivity index (χ2v) is 6.45. The molecule has 0 amide bonds. The van der Waals surface area contributed by atoms with Crippen molar-refractivity contribution in [3.63, 3.8) is 0 Å². The first-order valence-electron chi connectivity index (χ1n) is 6.58. The van der Waals surface area contributed by atoms with Crippen LogP contribution in [-0.4, -0.2) is 53.2 Å². The van der Waals surface area contributed by atoms with Crippen LogP contribution in [0.1, 0.15) is 30.6 Å². The Bertz CT molecular complexity index is 411. The molecule has 0 bridgehead atoms. The van der Waals surface area contributed by atoms with Gasteiger partial charge in [-0.1, -0.05) is 12.1 Å². The summed E-state index contributed by atoms with van der Waals surface area (Å²) < 4.78 is 5.48. The Morgan fingerprint density at radius 2 is 2.33 bits per heavy atom. The number of hydrogen-bond donors (Lipinski definition) is 1. The lowest BCUT2D eigenvalue weighted by Crippen LogP contribution is -2.33. The maximum Gasteiger partial charge on any atom is 0.231 e. The first-order chi connectivity index (χ1) is 8.75. The van der Waals surface area contributed by atoms with Gasteiger partial charge in [-0.25, -0.2) is 0 Å². The summed E-state index contributed by atoms with van der Waals surface area (Å²) in [6.07, 6.45) is 0. The average Bonchev–Trinajstić information content (AvgIpc) is 2.98. The lowest BCUT2D eigenvalue weighted by Gasteiger charge is -2.29. The molecule has 0 saturated carbocycles. The summed E-state index contributed by atoms with van der Waals surface area (Å²) in [5.41, 5.74) is 0. The van der Waals surface area contributed by atoms with Crippen LogP contribution in [0.25, 0.3) is 0 Å². The van der Waals surface area contributed by atoms with E-state index < -0.39 is 0 Å². The monoisotopic (exact) mass is 268 g/mol. The lowest BCUT2D eigenvalue weighted by atomic mass is 9.98. The highest BCUT2D eigenvalue weighted by Gasteiger charge is 2.32. The molecule has 1 N–H and O–H groups in total. The standard InChI is InChI=1S/C12H20N4OS/c1-8-5-13-6-9(8)12-14-11(15-17-12)10-7-18-4-3-16(10)2/h8-10,13H,3-7H2,1-2H3/t8-,9-,10?/m1/s1. The molecule has 1 unspecified atom stereocenters. The Morgan fingerprint density at radius 1 is 1.44 bits per heavy atom. The highest BCUT2D eigenvalue weighted by atomic mass is 32.2. The van der Waals surface area contributed by atoms with Gasteiger partial charge in [0.2, 0.25) is 5.89 Å². The van der Waals surface area contributed by atoms with E-state index >= 15 is 0 Å². The minimum atomic E-state index is 0.311. The number of thioether (sulfide) groups is 1. The molecule has 3 atom stereocenters. The van der Waals surface area contributed by atoms with Crippen molar-refractivity contribution in [2.45, 2.75) is 18.9 Å². The molecule has 18 heavy (non-hydrogen) atoms. The van der Waals surface area contributed by atoms with E-state index in [1.54, 1.807) is 0 Å². The van der Waals surface area contributed by atoms with Crippen LogP contribution in [0, 0.1) is 5.92 Å². The summed E-state index contributed by atoms with van der Waals surface area (Å²) >= 11 is 1.97. The number of nitrogens with one attached hydrogen (secondary N) is 1. The molecule has 3 rings (SSSR count). The van der Waals surface area contributed by atoms with Gasteiger partial charge >= 0.3 is 0 Å². The normalized spacial score (nSPS) is 34.0. The van der Waals surface area contributed by atoms with Crippen molar-refractivity contribution in [2.24, 2.45) is 5.92 Å². The van der Waals surface area contributed by atoms with Gasteiger partial charge in [-0.05, 0) is 19.5 Å². The van der Waals surface area contributed by atoms with E-state index in [0.29, 0.717) is 17.9 Å². The van der Waals surface area contributed by atoms with Crippen molar-refractivity contribution in [1.29, 1.82) is 0 Å². The maximum atomic E-state index is 5.48. The Labute approximate surface area is 112 Å². The molecule has 1 aromatic heterocycles. The van der Waals surface area contributed by atoms with Crippen molar-refractivity contribution in [2.75, 3.05) is 38.2 Å². The zero-order chi connectivity index (χ0) is 12.5. The molecule has 2 aliphatic heterocycles. The van der Waals surface area contributed by atoms with E-state index in [-0.39, 0.29) is 0 Å². The summed E-state index contributed by atoms with van der Waals surface area (Å²) in [5, 5.41) is 7.58. The maximum absolute atomic E-state index is 5.48. The van der Waals surface area contributed by atoms with Crippen LogP contribution < -0.4 is 5.32 Å². The van der Waals surface area contributed by atoms with E-state index in [4.69, 9.17) is 4.52 Å². The van der Waals surface area contributed by atoms with Crippen LogP contribution in [0.2, 0.25) is 0 Å². The third kappa shape index (κ3) is 2.29. The van der Waals surface area contributed by atoms with Gasteiger partial charge in [0.25, 0.3) is 0 Å². The molecular weight excluding hydrogens is 248 g/mol. The fourth-order valence-electron chi connectivity index (χ4n) is 2.63. The third-order valence-electron chi connectivity index (χ3n) is 3.99. The van der Waals surface area contributed by atoms with Gasteiger partial charge < -0.3 is 9.84 Å². The fraction of sp³-hybridized carbons (Fsp3) is 0.833. The largest absolute Gasteiger partial charge is 0.339 e. The number of rotatable bonds is 2. The topological polar surface area (TPSA) is 54.2 Å². The number of hydrogen-bond acceptors (Lipinski definition) is 6. The molecule has 2 fully saturated rings. The zero-order valence-corrected chi connectivity index (χ0v) is 11.7. The second kappa shape index (κ2) is 5.19. The zero-order valence-electron chi connectivity index (χ0n) is 10.9. The Balaban J connectivity index is 1.76. The molecule has 2 saturated heterocycles. The van der Waals surface area contributed by atoms with Crippen LogP contribution >= 0.6 is 11.8 Å². The van der Waals surface area contributed by atoms with Crippen molar-refractivity contribution < 1.29 is 4.52 Å². The van der Waals surface area contributed by atoms with Crippen molar-refractivity contribution >= 4 is 11.8 Å². The molecule has 6 heteroatoms. The predicted molar refractivity (Wildman–Crippen MR) is 71.8 cm³/mol. The van der Waals surface area contributed by atoms with Gasteiger partial charge in [0.05, 0.1) is 12.0 Å². The molecule has 3 heterocycles. The van der Waals surface area contributed by atoms with Crippen LogP contribution in [0.5, 0.6) is 0 Å². The average molecular weight is 268 g/mol. The molecule has 1 aromatic rings. The summed E-state index contributed by atoms with van der Waals surface area (Å²) in [6, 6.07) is 0.311. The van der Waals surface area contributed by atoms with Crippen molar-refractivity contribution in [3.8, 4) is 0 Å². The van der Waals surface area contributed by atoms with E-state index in [2.05, 4.69) is 34.3 Å². The molecule has 5 nitrogen and oxygen atoms in total. The van der Waals surface area contributed by atoms with Gasteiger partial charge in [-0.15, -0.1) is 0 Å². The van der Waals surface area contributed by atoms with E-state index in [1.165, 1.54) is 5.75 Å². The highest BCUT2D eigenvalue weighted by molar-refractivity contribution is 7.99. The summed E-state index contributed by atoms with van der Waals surface area (Å²) in [4.78, 5) is 6.96. The quantitative estimate of drug-likeness (QED) is 0.867. The Morgan fingerprint density at radius 3 is 3.06 bits per heavy atom. The predicted octanol–water partition coefficient (Wildman–Crippen LogP) is 1.11. The molecule has 0 aromatic carbocycles. The van der Waals surface area contributed by atoms with E-state index in [0.717, 1.165) is 37.1 Å². The van der Waals surface area contributed by atoms with Gasteiger partial charge in [0.1, 0.15) is 0 Å². The Hall–Kier alpha value is -0.590. The molecule has 100 valence electrons. The molecule has 0 spiro atoms. The first-order valence-corrected chi connectivity index (χ1v) is 7.73. The number of nitrogens with zero attached hydrogens (tertiary/aromatic N) is 3. The van der Waals surface area contributed by atoms with Gasteiger partial charge in [0, 0.05) is 24.6 Å². The van der Waals surface area contributed by atoms with Crippen LogP contribution in [0.15, 0.2) is 4.52 Å². The smallest absolute Gasteiger partial charge is 0.231 e. The van der Waals surface area contributed by atoms with Crippen LogP contribution in [0.4, 0.5) is 0 Å². The van der Waals surface area contributed by atoms with Gasteiger partial charge in [-0.2, -0.15) is 16.7 Å². The number of aromatic nitrogens is 2. The molecule has 2 aliphatic rings. The minimum Gasteiger partial charge on any atom is -0.339 e. The van der Waals surface area contributed by atoms with Crippen molar-refractivity contribution in [3.05, 3.63) is 11.7 Å². The van der Waals surface area contributed by atoms with Gasteiger partial charge in [0.15, 0.2) is 5.82 Å². The van der Waals surface area contributed by atoms with Crippen molar-refractivity contribution in [1.82, 2.24) is 20.4 Å². The van der Waals surface area contributed by atoms with Crippen LogP contribution in [-0.2, 0) is 0 Å². The van der Waals surface area contributed by atoms with E-state index in [1.807, 2.05) is 11.8 Å². The fourth-order valence-corrected chi connectivity index (χ4v) is 3.84. The van der Waals surface area contributed by atoms with Crippen LogP contribution in [0.3, 0.4) is 0 Å². The lowest BCUT2D eigenvalue weighted by molar-refractivity contribution is 0.255. The molecule has 0 radical (unpaired) electrons. The highest BCUT2D eigenvalue weighted by Crippen LogP contribution is 2.30. The molecule has 0 aliphatic carbocycles. The second-order valence-electron chi connectivity index (χ2n) is 5.30. The SMILES string of the molecule is C[C@@H]1CNC[C@H]1c1nc(C2CSCCN2C)no1. The summed E-state index contributed by atoms with van der Waals surface area (Å²) in [7, 11) is 2.14.